The molecule has 142 valence electrons. The first kappa shape index (κ1) is 18.6. The number of hydrogen-bond acceptors (Lipinski definition) is 6. The molecular weight excluding hydrogens is 346 g/mol. The van der Waals surface area contributed by atoms with Crippen LogP contribution in [0.3, 0.4) is 0 Å². The van der Waals surface area contributed by atoms with E-state index in [9.17, 15) is 9.59 Å². The Balaban J connectivity index is 1.45. The van der Waals surface area contributed by atoms with Crippen LogP contribution in [0.5, 0.6) is 5.75 Å². The van der Waals surface area contributed by atoms with Crippen LogP contribution in [0.4, 0.5) is 5.95 Å². The number of carbonyl (C=O) groups excluding carboxylic acids is 2. The number of ether oxygens (including phenoxy) is 1. The third-order valence-corrected chi connectivity index (χ3v) is 4.47. The highest BCUT2D eigenvalue weighted by atomic mass is 16.5. The zero-order chi connectivity index (χ0) is 19.1. The summed E-state index contributed by atoms with van der Waals surface area (Å²) < 4.78 is 5.29. The monoisotopic (exact) mass is 369 g/mol. The fraction of sp³-hybridized carbons (Fsp3) is 0.368. The Morgan fingerprint density at radius 2 is 1.78 bits per heavy atom. The Morgan fingerprint density at radius 1 is 1.07 bits per heavy atom. The number of nitrogens with zero attached hydrogens (tertiary/aromatic N) is 4. The van der Waals surface area contributed by atoms with Crippen LogP contribution in [-0.2, 0) is 16.0 Å². The lowest BCUT2D eigenvalue weighted by Crippen LogP contribution is -2.53. The zero-order valence-corrected chi connectivity index (χ0v) is 15.3. The van der Waals surface area contributed by atoms with Crippen molar-refractivity contribution in [3.8, 4) is 5.75 Å². The van der Waals surface area contributed by atoms with Crippen molar-refractivity contribution in [2.45, 2.75) is 6.42 Å². The van der Waals surface area contributed by atoms with E-state index in [-0.39, 0.29) is 0 Å². The van der Waals surface area contributed by atoms with Crippen LogP contribution in [0.2, 0.25) is 0 Å². The van der Waals surface area contributed by atoms with Gasteiger partial charge in [-0.2, -0.15) is 0 Å². The standard InChI is InChI=1S/C19H23N5O3/c1-27-16-6-3-2-5-15(16)7-10-20-17(25)18(26)23-11-13-24(14-12-23)19-21-8-4-9-22-19/h2-6,8-9H,7,10-14H2,1H3,(H,20,25). The molecule has 2 aromatic rings. The first-order valence-electron chi connectivity index (χ1n) is 8.90. The second-order valence-electron chi connectivity index (χ2n) is 6.15. The minimum Gasteiger partial charge on any atom is -0.496 e. The maximum absolute atomic E-state index is 12.3. The number of rotatable bonds is 5. The van der Waals surface area contributed by atoms with Crippen molar-refractivity contribution in [1.29, 1.82) is 0 Å². The fourth-order valence-corrected chi connectivity index (χ4v) is 3.00. The minimum absolute atomic E-state index is 0.378. The van der Waals surface area contributed by atoms with Gasteiger partial charge in [0.2, 0.25) is 5.95 Å². The number of para-hydroxylation sites is 1. The molecule has 0 unspecified atom stereocenters. The van der Waals surface area contributed by atoms with Crippen LogP contribution >= 0.6 is 0 Å². The molecule has 27 heavy (non-hydrogen) atoms. The molecule has 1 aromatic carbocycles. The normalized spacial score (nSPS) is 14.0. The third kappa shape index (κ3) is 4.72. The summed E-state index contributed by atoms with van der Waals surface area (Å²) in [6, 6.07) is 9.39. The number of nitrogens with one attached hydrogen (secondary N) is 1. The van der Waals surface area contributed by atoms with Crippen molar-refractivity contribution in [1.82, 2.24) is 20.2 Å². The molecule has 0 spiro atoms. The van der Waals surface area contributed by atoms with Crippen molar-refractivity contribution >= 4 is 17.8 Å². The van der Waals surface area contributed by atoms with Gasteiger partial charge in [0.1, 0.15) is 5.75 Å². The molecule has 2 amide bonds. The average Bonchev–Trinajstić information content (AvgIpc) is 2.74. The minimum atomic E-state index is -0.575. The van der Waals surface area contributed by atoms with Crippen molar-refractivity contribution in [3.05, 3.63) is 48.3 Å². The molecule has 0 saturated carbocycles. The fourth-order valence-electron chi connectivity index (χ4n) is 3.00. The smallest absolute Gasteiger partial charge is 0.312 e. The highest BCUT2D eigenvalue weighted by molar-refractivity contribution is 6.35. The second kappa shape index (κ2) is 8.98. The summed E-state index contributed by atoms with van der Waals surface area (Å²) in [7, 11) is 1.61. The number of amides is 2. The van der Waals surface area contributed by atoms with Gasteiger partial charge in [0, 0.05) is 45.1 Å². The molecule has 8 heteroatoms. The van der Waals surface area contributed by atoms with Gasteiger partial charge >= 0.3 is 11.8 Å². The predicted molar refractivity (Wildman–Crippen MR) is 101 cm³/mol. The molecule has 1 saturated heterocycles. The number of methoxy groups -OCH3 is 1. The summed E-state index contributed by atoms with van der Waals surface area (Å²) in [5.41, 5.74) is 0.990. The van der Waals surface area contributed by atoms with Gasteiger partial charge in [-0.15, -0.1) is 0 Å². The van der Waals surface area contributed by atoms with Gasteiger partial charge in [-0.1, -0.05) is 18.2 Å². The Hall–Kier alpha value is -3.16. The van der Waals surface area contributed by atoms with Gasteiger partial charge in [-0.05, 0) is 24.1 Å². The summed E-state index contributed by atoms with van der Waals surface area (Å²) in [5.74, 6) is 0.348. The Morgan fingerprint density at radius 3 is 2.48 bits per heavy atom. The maximum Gasteiger partial charge on any atom is 0.312 e. The summed E-state index contributed by atoms with van der Waals surface area (Å²) in [6.07, 6.45) is 3.98. The Kier molecular flexibility index (Phi) is 6.19. The Labute approximate surface area is 158 Å². The summed E-state index contributed by atoms with van der Waals surface area (Å²) in [5, 5.41) is 2.70. The second-order valence-corrected chi connectivity index (χ2v) is 6.15. The lowest BCUT2D eigenvalue weighted by Gasteiger charge is -2.34. The first-order chi connectivity index (χ1) is 13.2. The van der Waals surface area contributed by atoms with Crippen LogP contribution < -0.4 is 15.0 Å². The van der Waals surface area contributed by atoms with E-state index in [0.717, 1.165) is 11.3 Å². The SMILES string of the molecule is COc1ccccc1CCNC(=O)C(=O)N1CCN(c2ncccn2)CC1. The molecular formula is C19H23N5O3. The van der Waals surface area contributed by atoms with E-state index in [4.69, 9.17) is 4.74 Å². The van der Waals surface area contributed by atoms with E-state index in [1.54, 1.807) is 30.5 Å². The quantitative estimate of drug-likeness (QED) is 0.772. The number of carbonyl (C=O) groups is 2. The molecule has 1 aromatic heterocycles. The molecule has 8 nitrogen and oxygen atoms in total. The molecule has 1 N–H and O–H groups in total. The van der Waals surface area contributed by atoms with Crippen LogP contribution in [0.25, 0.3) is 0 Å². The number of anilines is 1. The molecule has 1 aliphatic rings. The van der Waals surface area contributed by atoms with Gasteiger partial charge in [0.05, 0.1) is 7.11 Å². The highest BCUT2D eigenvalue weighted by Crippen LogP contribution is 2.17. The molecule has 0 aliphatic carbocycles. The van der Waals surface area contributed by atoms with Crippen molar-refractivity contribution in [2.75, 3.05) is 44.7 Å². The highest BCUT2D eigenvalue weighted by Gasteiger charge is 2.26. The maximum atomic E-state index is 12.3. The molecule has 0 radical (unpaired) electrons. The molecule has 0 bridgehead atoms. The van der Waals surface area contributed by atoms with Gasteiger partial charge in [-0.3, -0.25) is 9.59 Å². The van der Waals surface area contributed by atoms with Gasteiger partial charge in [0.15, 0.2) is 0 Å². The molecule has 2 heterocycles. The van der Waals surface area contributed by atoms with Crippen LogP contribution in [0.1, 0.15) is 5.56 Å². The number of hydrogen-bond donors (Lipinski definition) is 1. The van der Waals surface area contributed by atoms with Gasteiger partial charge in [0.25, 0.3) is 0 Å². The third-order valence-electron chi connectivity index (χ3n) is 4.47. The molecule has 1 aliphatic heterocycles. The van der Waals surface area contributed by atoms with Gasteiger partial charge < -0.3 is 19.9 Å². The largest absolute Gasteiger partial charge is 0.496 e. The zero-order valence-electron chi connectivity index (χ0n) is 15.3. The van der Waals surface area contributed by atoms with Crippen molar-refractivity contribution in [2.24, 2.45) is 0 Å². The summed E-state index contributed by atoms with van der Waals surface area (Å²) >= 11 is 0. The van der Waals surface area contributed by atoms with Crippen molar-refractivity contribution in [3.63, 3.8) is 0 Å². The lowest BCUT2D eigenvalue weighted by atomic mass is 10.1. The number of benzene rings is 1. The van der Waals surface area contributed by atoms with Crippen LogP contribution in [0.15, 0.2) is 42.7 Å². The van der Waals surface area contributed by atoms with E-state index in [2.05, 4.69) is 15.3 Å². The molecule has 3 rings (SSSR count). The van der Waals surface area contributed by atoms with E-state index >= 15 is 0 Å². The number of piperazine rings is 1. The van der Waals surface area contributed by atoms with Gasteiger partial charge in [-0.25, -0.2) is 9.97 Å². The van der Waals surface area contributed by atoms with E-state index in [1.165, 1.54) is 0 Å². The van der Waals surface area contributed by atoms with E-state index < -0.39 is 11.8 Å². The topological polar surface area (TPSA) is 87.7 Å². The average molecular weight is 369 g/mol. The van der Waals surface area contributed by atoms with Crippen LogP contribution in [-0.4, -0.2) is 66.5 Å². The molecule has 1 fully saturated rings. The predicted octanol–water partition coefficient (Wildman–Crippen LogP) is 0.493. The first-order valence-corrected chi connectivity index (χ1v) is 8.90. The lowest BCUT2D eigenvalue weighted by molar-refractivity contribution is -0.146. The van der Waals surface area contributed by atoms with Crippen LogP contribution in [0, 0.1) is 0 Å². The number of aromatic nitrogens is 2. The summed E-state index contributed by atoms with van der Waals surface area (Å²) in [6.45, 7) is 2.52. The molecule has 0 atom stereocenters. The van der Waals surface area contributed by atoms with E-state index in [0.29, 0.717) is 45.1 Å². The summed E-state index contributed by atoms with van der Waals surface area (Å²) in [4.78, 5) is 36.5. The Bertz CT molecular complexity index is 776. The van der Waals surface area contributed by atoms with E-state index in [1.807, 2.05) is 29.2 Å². The van der Waals surface area contributed by atoms with Crippen molar-refractivity contribution < 1.29 is 14.3 Å².